The summed E-state index contributed by atoms with van der Waals surface area (Å²) < 4.78 is 0. The Bertz CT molecular complexity index is 403. The molecule has 1 N–H and O–H groups in total. The molecule has 0 saturated carbocycles. The number of phenolic OH excluding ortho intramolecular Hbond substituents is 1. The van der Waals surface area contributed by atoms with Gasteiger partial charge in [-0.2, -0.15) is 0 Å². The first-order valence-electron chi connectivity index (χ1n) is 9.07. The second kappa shape index (κ2) is 11.9. The van der Waals surface area contributed by atoms with Crippen molar-refractivity contribution in [2.24, 2.45) is 0 Å². The Hall–Kier alpha value is -0.630. The van der Waals surface area contributed by atoms with E-state index in [2.05, 4.69) is 26.2 Å². The quantitative estimate of drug-likeness (QED) is 0.357. The van der Waals surface area contributed by atoms with E-state index in [1.54, 1.807) is 0 Å². The zero-order valence-corrected chi connectivity index (χ0v) is 15.7. The number of aromatic hydroxyl groups is 1. The van der Waals surface area contributed by atoms with Gasteiger partial charge in [-0.1, -0.05) is 58.3 Å². The molecule has 126 valence electrons. The molecule has 0 heterocycles. The summed E-state index contributed by atoms with van der Waals surface area (Å²) in [6.45, 7) is 4.39. The van der Waals surface area contributed by atoms with Crippen LogP contribution in [0.1, 0.15) is 76.7 Å². The van der Waals surface area contributed by atoms with Gasteiger partial charge in [-0.3, -0.25) is 0 Å². The summed E-state index contributed by atoms with van der Waals surface area (Å²) in [4.78, 5) is 1.42. The Kier molecular flexibility index (Phi) is 10.5. The van der Waals surface area contributed by atoms with E-state index in [0.29, 0.717) is 16.6 Å². The number of hydrogen-bond acceptors (Lipinski definition) is 1. The van der Waals surface area contributed by atoms with Crippen molar-refractivity contribution in [1.82, 2.24) is 0 Å². The maximum absolute atomic E-state index is 9.49. The van der Waals surface area contributed by atoms with E-state index in [9.17, 15) is 5.11 Å². The average molecular weight is 324 g/mol. The molecule has 22 heavy (non-hydrogen) atoms. The van der Waals surface area contributed by atoms with E-state index in [-0.39, 0.29) is 0 Å². The fourth-order valence-electron chi connectivity index (χ4n) is 2.94. The van der Waals surface area contributed by atoms with Gasteiger partial charge in [-0.25, -0.2) is 0 Å². The second-order valence-electron chi connectivity index (χ2n) is 6.47. The lowest BCUT2D eigenvalue weighted by Crippen LogP contribution is -2.07. The number of phenols is 1. The summed E-state index contributed by atoms with van der Waals surface area (Å²) >= 11 is 0. The van der Waals surface area contributed by atoms with E-state index >= 15 is 0 Å². The van der Waals surface area contributed by atoms with Gasteiger partial charge in [0.2, 0.25) is 0 Å². The molecule has 1 aromatic rings. The normalized spacial score (nSPS) is 12.5. The fourth-order valence-corrected chi connectivity index (χ4v) is 4.71. The van der Waals surface area contributed by atoms with Crippen LogP contribution in [0.15, 0.2) is 23.1 Å². The van der Waals surface area contributed by atoms with E-state index in [1.807, 2.05) is 12.1 Å². The number of aryl methyl sites for hydroxylation is 1. The molecule has 1 atom stereocenters. The van der Waals surface area contributed by atoms with Crippen LogP contribution in [-0.4, -0.2) is 17.1 Å². The topological polar surface area (TPSA) is 20.2 Å². The third-order valence-electron chi connectivity index (χ3n) is 4.34. The van der Waals surface area contributed by atoms with Gasteiger partial charge in [-0.15, -0.1) is 0 Å². The van der Waals surface area contributed by atoms with Gasteiger partial charge in [0.25, 0.3) is 0 Å². The van der Waals surface area contributed by atoms with Crippen molar-refractivity contribution in [3.05, 3.63) is 23.8 Å². The summed E-state index contributed by atoms with van der Waals surface area (Å²) in [6, 6.07) is 5.81. The average Bonchev–Trinajstić information content (AvgIpc) is 2.49. The number of hydrogen-bond donors (Lipinski definition) is 1. The Balaban J connectivity index is 2.04. The number of rotatable bonds is 12. The molecule has 0 aliphatic rings. The molecule has 1 rings (SSSR count). The number of benzene rings is 1. The van der Waals surface area contributed by atoms with Gasteiger partial charge in [0.05, 0.1) is 0 Å². The van der Waals surface area contributed by atoms with Gasteiger partial charge >= 0.3 is 0 Å². The van der Waals surface area contributed by atoms with Crippen molar-refractivity contribution in [2.75, 3.05) is 12.0 Å². The first kappa shape index (κ1) is 19.4. The molecular formula is C20H35OS+. The van der Waals surface area contributed by atoms with E-state index in [1.165, 1.54) is 80.4 Å². The summed E-state index contributed by atoms with van der Waals surface area (Å²) in [5.74, 6) is 1.68. The van der Waals surface area contributed by atoms with Crippen molar-refractivity contribution in [3.63, 3.8) is 0 Å². The lowest BCUT2D eigenvalue weighted by molar-refractivity contribution is 0.474. The zero-order valence-electron chi connectivity index (χ0n) is 14.9. The summed E-state index contributed by atoms with van der Waals surface area (Å²) in [6.07, 6.45) is 16.4. The molecule has 0 aliphatic heterocycles. The van der Waals surface area contributed by atoms with Gasteiger partial charge in [0, 0.05) is 16.5 Å². The third kappa shape index (κ3) is 8.12. The minimum absolute atomic E-state index is 0.323. The van der Waals surface area contributed by atoms with E-state index < -0.39 is 0 Å². The SMILES string of the molecule is CCCCCCCCCCCC[S+](C)c1ccc(O)cc1C. The predicted octanol–water partition coefficient (Wildman–Crippen LogP) is 6.23. The Morgan fingerprint density at radius 3 is 1.95 bits per heavy atom. The Morgan fingerprint density at radius 2 is 1.41 bits per heavy atom. The smallest absolute Gasteiger partial charge is 0.157 e. The van der Waals surface area contributed by atoms with Crippen LogP contribution in [0.4, 0.5) is 0 Å². The van der Waals surface area contributed by atoms with Gasteiger partial charge < -0.3 is 5.11 Å². The van der Waals surface area contributed by atoms with Crippen molar-refractivity contribution in [1.29, 1.82) is 0 Å². The zero-order chi connectivity index (χ0) is 16.2. The van der Waals surface area contributed by atoms with E-state index in [0.717, 1.165) is 0 Å². The van der Waals surface area contributed by atoms with Crippen LogP contribution in [0, 0.1) is 6.92 Å². The summed E-state index contributed by atoms with van der Waals surface area (Å²) in [5.41, 5.74) is 1.23. The molecule has 0 saturated heterocycles. The highest BCUT2D eigenvalue weighted by Crippen LogP contribution is 2.22. The molecule has 0 spiro atoms. The second-order valence-corrected chi connectivity index (χ2v) is 8.60. The van der Waals surface area contributed by atoms with Crippen LogP contribution in [0.3, 0.4) is 0 Å². The maximum atomic E-state index is 9.49. The minimum Gasteiger partial charge on any atom is -0.508 e. The lowest BCUT2D eigenvalue weighted by Gasteiger charge is -2.07. The van der Waals surface area contributed by atoms with Crippen LogP contribution >= 0.6 is 0 Å². The predicted molar refractivity (Wildman–Crippen MR) is 101 cm³/mol. The molecule has 0 radical (unpaired) electrons. The van der Waals surface area contributed by atoms with Crippen molar-refractivity contribution in [3.8, 4) is 5.75 Å². The fraction of sp³-hybridized carbons (Fsp3) is 0.700. The minimum atomic E-state index is 0.323. The van der Waals surface area contributed by atoms with Crippen LogP contribution in [-0.2, 0) is 10.9 Å². The Morgan fingerprint density at radius 1 is 0.864 bits per heavy atom. The molecule has 0 amide bonds. The van der Waals surface area contributed by atoms with Crippen LogP contribution in [0.25, 0.3) is 0 Å². The molecule has 0 fully saturated rings. The Labute approximate surface area is 140 Å². The molecule has 0 aromatic heterocycles. The lowest BCUT2D eigenvalue weighted by atomic mass is 10.1. The van der Waals surface area contributed by atoms with Crippen molar-refractivity contribution in [2.45, 2.75) is 83.0 Å². The van der Waals surface area contributed by atoms with Gasteiger partial charge in [-0.05, 0) is 38.0 Å². The molecule has 1 nitrogen and oxygen atoms in total. The molecule has 1 unspecified atom stereocenters. The van der Waals surface area contributed by atoms with Crippen LogP contribution in [0.2, 0.25) is 0 Å². The largest absolute Gasteiger partial charge is 0.508 e. The van der Waals surface area contributed by atoms with Crippen LogP contribution in [0.5, 0.6) is 5.75 Å². The monoisotopic (exact) mass is 323 g/mol. The summed E-state index contributed by atoms with van der Waals surface area (Å²) in [5, 5.41) is 9.49. The third-order valence-corrected chi connectivity index (χ3v) is 6.45. The van der Waals surface area contributed by atoms with Crippen molar-refractivity contribution >= 4 is 10.9 Å². The highest BCUT2D eigenvalue weighted by molar-refractivity contribution is 7.96. The standard InChI is InChI=1S/C20H34OS/c1-4-5-6-7-8-9-10-11-12-13-16-22(3)20-15-14-19(21)17-18(20)2/h14-15,17H,4-13,16H2,1-3H3/p+1. The van der Waals surface area contributed by atoms with Gasteiger partial charge in [0.1, 0.15) is 17.8 Å². The molecular weight excluding hydrogens is 288 g/mol. The molecule has 1 aromatic carbocycles. The first-order chi connectivity index (χ1) is 10.6. The first-order valence-corrected chi connectivity index (χ1v) is 10.9. The van der Waals surface area contributed by atoms with Crippen molar-refractivity contribution < 1.29 is 5.11 Å². The van der Waals surface area contributed by atoms with E-state index in [4.69, 9.17) is 0 Å². The molecule has 2 heteroatoms. The van der Waals surface area contributed by atoms with Crippen LogP contribution < -0.4 is 0 Å². The molecule has 0 aliphatic carbocycles. The van der Waals surface area contributed by atoms with Gasteiger partial charge in [0.15, 0.2) is 4.90 Å². The summed E-state index contributed by atoms with van der Waals surface area (Å²) in [7, 11) is 0.323. The highest BCUT2D eigenvalue weighted by atomic mass is 32.2. The molecule has 0 bridgehead atoms. The highest BCUT2D eigenvalue weighted by Gasteiger charge is 2.17. The maximum Gasteiger partial charge on any atom is 0.157 e. The number of unbranched alkanes of at least 4 members (excludes halogenated alkanes) is 9.